The predicted molar refractivity (Wildman–Crippen MR) is 119 cm³/mol. The first-order valence-corrected chi connectivity index (χ1v) is 11.1. The van der Waals surface area contributed by atoms with Crippen molar-refractivity contribution in [3.05, 3.63) is 77.9 Å². The highest BCUT2D eigenvalue weighted by Crippen LogP contribution is 2.47. The Bertz CT molecular complexity index is 1200. The number of carbonyl (C=O) groups is 1. The quantitative estimate of drug-likeness (QED) is 0.551. The van der Waals surface area contributed by atoms with Gasteiger partial charge in [0, 0.05) is 34.4 Å². The third-order valence-corrected chi connectivity index (χ3v) is 6.67. The van der Waals surface area contributed by atoms with Gasteiger partial charge in [0.05, 0.1) is 11.1 Å². The van der Waals surface area contributed by atoms with Crippen LogP contribution in [0.1, 0.15) is 41.6 Å². The second-order valence-corrected chi connectivity index (χ2v) is 8.73. The van der Waals surface area contributed by atoms with Crippen molar-refractivity contribution in [2.75, 3.05) is 5.32 Å². The van der Waals surface area contributed by atoms with Crippen LogP contribution in [0.4, 0.5) is 5.69 Å². The van der Waals surface area contributed by atoms with E-state index in [0.717, 1.165) is 41.2 Å². The van der Waals surface area contributed by atoms with E-state index < -0.39 is 5.79 Å². The van der Waals surface area contributed by atoms with Crippen LogP contribution in [0.5, 0.6) is 11.5 Å². The van der Waals surface area contributed by atoms with E-state index in [9.17, 15) is 10.1 Å². The van der Waals surface area contributed by atoms with E-state index in [2.05, 4.69) is 11.4 Å². The Hall–Kier alpha value is -3.43. The minimum absolute atomic E-state index is 0.216. The first kappa shape index (κ1) is 19.5. The minimum atomic E-state index is -0.525. The normalized spacial score (nSPS) is 15.6. The van der Waals surface area contributed by atoms with E-state index in [1.165, 1.54) is 11.8 Å². The predicted octanol–water partition coefficient (Wildman–Crippen LogP) is 6.00. The van der Waals surface area contributed by atoms with Crippen molar-refractivity contribution in [2.24, 2.45) is 0 Å². The number of rotatable bonds is 4. The van der Waals surface area contributed by atoms with E-state index in [0.29, 0.717) is 22.6 Å². The third kappa shape index (κ3) is 3.85. The summed E-state index contributed by atoms with van der Waals surface area (Å²) >= 11 is 1.41. The van der Waals surface area contributed by atoms with E-state index in [-0.39, 0.29) is 5.91 Å². The molecule has 0 radical (unpaired) electrons. The van der Waals surface area contributed by atoms with Crippen molar-refractivity contribution >= 4 is 23.4 Å². The summed E-state index contributed by atoms with van der Waals surface area (Å²) in [7, 11) is 0. The van der Waals surface area contributed by atoms with Gasteiger partial charge in [-0.15, -0.1) is 0 Å². The van der Waals surface area contributed by atoms with Gasteiger partial charge in [0.15, 0.2) is 11.5 Å². The Morgan fingerprint density at radius 2 is 1.65 bits per heavy atom. The Balaban J connectivity index is 1.36. The molecule has 2 aliphatic rings. The van der Waals surface area contributed by atoms with Crippen LogP contribution in [0.25, 0.3) is 0 Å². The summed E-state index contributed by atoms with van der Waals surface area (Å²) in [4.78, 5) is 14.7. The largest absolute Gasteiger partial charge is 0.448 e. The van der Waals surface area contributed by atoms with Crippen LogP contribution in [0.2, 0.25) is 0 Å². The lowest BCUT2D eigenvalue weighted by molar-refractivity contribution is -0.0716. The molecule has 1 spiro atoms. The molecule has 31 heavy (non-hydrogen) atoms. The molecule has 0 saturated heterocycles. The molecule has 0 aromatic heterocycles. The molecule has 1 aliphatic carbocycles. The fourth-order valence-electron chi connectivity index (χ4n) is 4.00. The summed E-state index contributed by atoms with van der Waals surface area (Å²) < 4.78 is 12.1. The summed E-state index contributed by atoms with van der Waals surface area (Å²) in [6.07, 6.45) is 3.97. The number of ether oxygens (including phenoxy) is 2. The molecule has 3 aromatic carbocycles. The lowest BCUT2D eigenvalue weighted by Gasteiger charge is -2.21. The van der Waals surface area contributed by atoms with Crippen LogP contribution in [0.15, 0.2) is 76.5 Å². The van der Waals surface area contributed by atoms with Gasteiger partial charge < -0.3 is 14.8 Å². The molecular formula is C25H20N2O3S. The second-order valence-electron chi connectivity index (χ2n) is 7.64. The number of nitriles is 1. The maximum atomic E-state index is 13.1. The van der Waals surface area contributed by atoms with E-state index in [4.69, 9.17) is 9.47 Å². The molecule has 1 fully saturated rings. The summed E-state index contributed by atoms with van der Waals surface area (Å²) in [6, 6.07) is 22.5. The van der Waals surface area contributed by atoms with Crippen LogP contribution < -0.4 is 14.8 Å². The fourth-order valence-corrected chi connectivity index (χ4v) is 5.02. The molecule has 1 saturated carbocycles. The van der Waals surface area contributed by atoms with Crippen LogP contribution in [-0.2, 0) is 0 Å². The van der Waals surface area contributed by atoms with E-state index in [1.807, 2.05) is 54.6 Å². The van der Waals surface area contributed by atoms with Gasteiger partial charge in [-0.1, -0.05) is 36.0 Å². The van der Waals surface area contributed by atoms with Gasteiger partial charge in [0.2, 0.25) is 0 Å². The number of hydrogen-bond acceptors (Lipinski definition) is 5. The zero-order valence-corrected chi connectivity index (χ0v) is 17.6. The summed E-state index contributed by atoms with van der Waals surface area (Å²) in [5.74, 6) is 0.656. The highest BCUT2D eigenvalue weighted by molar-refractivity contribution is 7.99. The first-order valence-electron chi connectivity index (χ1n) is 10.3. The van der Waals surface area contributed by atoms with Gasteiger partial charge in [-0.25, -0.2) is 0 Å². The number of amides is 1. The standard InChI is InChI=1S/C25H20N2O3S/c26-16-17-7-1-3-9-22(17)31-23-10-4-2-8-19(23)24(28)27-18-11-12-20-21(15-18)30-25(29-20)13-5-6-14-25/h1-4,7-12,15H,5-6,13-14H2,(H,27,28). The average Bonchev–Trinajstić information content (AvgIpc) is 3.39. The Labute approximate surface area is 185 Å². The topological polar surface area (TPSA) is 71.4 Å². The summed E-state index contributed by atoms with van der Waals surface area (Å²) in [5.41, 5.74) is 1.78. The number of benzene rings is 3. The lowest BCUT2D eigenvalue weighted by atomic mass is 10.2. The molecule has 1 heterocycles. The fraction of sp³-hybridized carbons (Fsp3) is 0.200. The maximum Gasteiger partial charge on any atom is 0.256 e. The number of nitrogens with one attached hydrogen (secondary N) is 1. The number of nitrogens with zero attached hydrogens (tertiary/aromatic N) is 1. The molecule has 0 unspecified atom stereocenters. The van der Waals surface area contributed by atoms with Crippen molar-refractivity contribution in [3.8, 4) is 17.6 Å². The molecule has 5 nitrogen and oxygen atoms in total. The van der Waals surface area contributed by atoms with Crippen LogP contribution in [0.3, 0.4) is 0 Å². The smallest absolute Gasteiger partial charge is 0.256 e. The maximum absolute atomic E-state index is 13.1. The van der Waals surface area contributed by atoms with Crippen molar-refractivity contribution in [3.63, 3.8) is 0 Å². The highest BCUT2D eigenvalue weighted by atomic mass is 32.2. The molecule has 1 N–H and O–H groups in total. The lowest BCUT2D eigenvalue weighted by Crippen LogP contribution is -2.34. The Morgan fingerprint density at radius 1 is 0.935 bits per heavy atom. The molecule has 1 aliphatic heterocycles. The number of carbonyl (C=O) groups excluding carboxylic acids is 1. The summed E-state index contributed by atoms with van der Waals surface area (Å²) in [6.45, 7) is 0. The molecule has 1 amide bonds. The molecule has 3 aromatic rings. The number of anilines is 1. The van der Waals surface area contributed by atoms with Crippen molar-refractivity contribution < 1.29 is 14.3 Å². The molecule has 6 heteroatoms. The molecule has 154 valence electrons. The minimum Gasteiger partial charge on any atom is -0.448 e. The highest BCUT2D eigenvalue weighted by Gasteiger charge is 2.44. The summed E-state index contributed by atoms with van der Waals surface area (Å²) in [5, 5.41) is 12.3. The van der Waals surface area contributed by atoms with Gasteiger partial charge in [-0.3, -0.25) is 4.79 Å². The molecular weight excluding hydrogens is 408 g/mol. The van der Waals surface area contributed by atoms with Gasteiger partial charge in [0.25, 0.3) is 11.7 Å². The molecule has 0 bridgehead atoms. The van der Waals surface area contributed by atoms with Gasteiger partial charge in [0.1, 0.15) is 6.07 Å². The third-order valence-electron chi connectivity index (χ3n) is 5.52. The van der Waals surface area contributed by atoms with Crippen LogP contribution >= 0.6 is 11.8 Å². The van der Waals surface area contributed by atoms with Crippen LogP contribution in [-0.4, -0.2) is 11.7 Å². The monoisotopic (exact) mass is 428 g/mol. The first-order chi connectivity index (χ1) is 15.2. The van der Waals surface area contributed by atoms with E-state index in [1.54, 1.807) is 12.1 Å². The average molecular weight is 429 g/mol. The van der Waals surface area contributed by atoms with Gasteiger partial charge in [-0.2, -0.15) is 5.26 Å². The number of hydrogen-bond donors (Lipinski definition) is 1. The number of fused-ring (bicyclic) bond motifs is 1. The van der Waals surface area contributed by atoms with Crippen LogP contribution in [0, 0.1) is 11.3 Å². The zero-order chi connectivity index (χ0) is 21.3. The second kappa shape index (κ2) is 8.01. The van der Waals surface area contributed by atoms with Crippen molar-refractivity contribution in [2.45, 2.75) is 41.3 Å². The molecule has 0 atom stereocenters. The van der Waals surface area contributed by atoms with Gasteiger partial charge >= 0.3 is 0 Å². The van der Waals surface area contributed by atoms with Crippen molar-refractivity contribution in [1.82, 2.24) is 0 Å². The SMILES string of the molecule is N#Cc1ccccc1Sc1ccccc1C(=O)Nc1ccc2c(c1)OC1(CCCC1)O2. The van der Waals surface area contributed by atoms with E-state index >= 15 is 0 Å². The zero-order valence-electron chi connectivity index (χ0n) is 16.8. The molecule has 5 rings (SSSR count). The van der Waals surface area contributed by atoms with Gasteiger partial charge in [-0.05, 0) is 49.2 Å². The Morgan fingerprint density at radius 3 is 2.45 bits per heavy atom. The Kier molecular flexibility index (Phi) is 5.05. The van der Waals surface area contributed by atoms with Crippen molar-refractivity contribution in [1.29, 1.82) is 5.26 Å².